The summed E-state index contributed by atoms with van der Waals surface area (Å²) in [6.45, 7) is 2.23. The summed E-state index contributed by atoms with van der Waals surface area (Å²) in [5, 5.41) is 10.0. The Hall–Kier alpha value is -0.830. The molecule has 0 radical (unpaired) electrons. The summed E-state index contributed by atoms with van der Waals surface area (Å²) in [7, 11) is 0. The summed E-state index contributed by atoms with van der Waals surface area (Å²) in [5.41, 5.74) is 0.0666. The van der Waals surface area contributed by atoms with Gasteiger partial charge < -0.3 is 9.84 Å². The van der Waals surface area contributed by atoms with Gasteiger partial charge >= 0.3 is 5.97 Å². The molecule has 2 atom stereocenters. The number of hydrogen-bond donors (Lipinski definition) is 1. The van der Waals surface area contributed by atoms with Gasteiger partial charge in [0.1, 0.15) is 0 Å². The average Bonchev–Trinajstić information content (AvgIpc) is 2.68. The molecule has 0 aromatic rings. The fourth-order valence-corrected chi connectivity index (χ4v) is 2.84. The SMILES string of the molecule is CCOC(=O)C[C@@H]1CC2(CC=CC2)[C@H]1O. The fourth-order valence-electron chi connectivity index (χ4n) is 2.84. The lowest BCUT2D eigenvalue weighted by Gasteiger charge is -2.50. The number of esters is 1. The van der Waals surface area contributed by atoms with Gasteiger partial charge in [-0.15, -0.1) is 0 Å². The number of carbonyl (C=O) groups excluding carboxylic acids is 1. The molecule has 2 aliphatic carbocycles. The predicted molar refractivity (Wildman–Crippen MR) is 56.2 cm³/mol. The first-order valence-corrected chi connectivity index (χ1v) is 5.66. The molecule has 0 bridgehead atoms. The quantitative estimate of drug-likeness (QED) is 0.569. The van der Waals surface area contributed by atoms with Crippen LogP contribution in [0, 0.1) is 11.3 Å². The van der Waals surface area contributed by atoms with Crippen molar-refractivity contribution >= 4 is 5.97 Å². The van der Waals surface area contributed by atoms with Gasteiger partial charge in [0.05, 0.1) is 19.1 Å². The molecule has 2 aliphatic rings. The lowest BCUT2D eigenvalue weighted by molar-refractivity contribution is -0.156. The second kappa shape index (κ2) is 3.97. The molecule has 0 aromatic heterocycles. The first-order chi connectivity index (χ1) is 7.18. The highest BCUT2D eigenvalue weighted by atomic mass is 16.5. The van der Waals surface area contributed by atoms with E-state index in [2.05, 4.69) is 12.2 Å². The van der Waals surface area contributed by atoms with Crippen molar-refractivity contribution < 1.29 is 14.6 Å². The molecule has 3 heteroatoms. The van der Waals surface area contributed by atoms with Crippen LogP contribution in [0.1, 0.15) is 32.6 Å². The zero-order valence-electron chi connectivity index (χ0n) is 9.11. The number of carbonyl (C=O) groups is 1. The maximum atomic E-state index is 11.2. The molecule has 0 heterocycles. The molecule has 3 nitrogen and oxygen atoms in total. The molecular formula is C12H18O3. The monoisotopic (exact) mass is 210 g/mol. The minimum absolute atomic E-state index is 0.0666. The van der Waals surface area contributed by atoms with Gasteiger partial charge in [-0.05, 0) is 32.1 Å². The van der Waals surface area contributed by atoms with E-state index in [1.165, 1.54) is 0 Å². The van der Waals surface area contributed by atoms with Gasteiger partial charge in [-0.3, -0.25) is 4.79 Å². The van der Waals surface area contributed by atoms with Gasteiger partial charge in [-0.25, -0.2) is 0 Å². The summed E-state index contributed by atoms with van der Waals surface area (Å²) in [6.07, 6.45) is 7.20. The van der Waals surface area contributed by atoms with Gasteiger partial charge in [-0.1, -0.05) is 12.2 Å². The maximum absolute atomic E-state index is 11.2. The van der Waals surface area contributed by atoms with E-state index in [0.717, 1.165) is 19.3 Å². The minimum Gasteiger partial charge on any atom is -0.466 e. The van der Waals surface area contributed by atoms with Gasteiger partial charge in [0.2, 0.25) is 0 Å². The molecule has 0 saturated heterocycles. The zero-order valence-corrected chi connectivity index (χ0v) is 9.11. The smallest absolute Gasteiger partial charge is 0.306 e. The molecule has 15 heavy (non-hydrogen) atoms. The molecule has 84 valence electrons. The fraction of sp³-hybridized carbons (Fsp3) is 0.750. The molecule has 0 aliphatic heterocycles. The van der Waals surface area contributed by atoms with E-state index < -0.39 is 0 Å². The molecule has 1 N–H and O–H groups in total. The topological polar surface area (TPSA) is 46.5 Å². The molecule has 0 unspecified atom stereocenters. The second-order valence-corrected chi connectivity index (χ2v) is 4.66. The highest BCUT2D eigenvalue weighted by molar-refractivity contribution is 5.70. The van der Waals surface area contributed by atoms with Crippen molar-refractivity contribution in [2.45, 2.75) is 38.7 Å². The van der Waals surface area contributed by atoms with Crippen LogP contribution in [0.3, 0.4) is 0 Å². The van der Waals surface area contributed by atoms with Gasteiger partial charge in [0.25, 0.3) is 0 Å². The van der Waals surface area contributed by atoms with Crippen molar-refractivity contribution in [2.75, 3.05) is 6.61 Å². The minimum atomic E-state index is -0.322. The lowest BCUT2D eigenvalue weighted by Crippen LogP contribution is -2.51. The Bertz CT molecular complexity index is 275. The first-order valence-electron chi connectivity index (χ1n) is 5.66. The molecule has 1 fully saturated rings. The van der Waals surface area contributed by atoms with Gasteiger partial charge in [0.15, 0.2) is 0 Å². The third-order valence-electron chi connectivity index (χ3n) is 3.69. The van der Waals surface area contributed by atoms with Crippen molar-refractivity contribution in [3.8, 4) is 0 Å². The first kappa shape index (κ1) is 10.7. The largest absolute Gasteiger partial charge is 0.466 e. The normalized spacial score (nSPS) is 31.6. The Balaban J connectivity index is 1.81. The van der Waals surface area contributed by atoms with Crippen LogP contribution in [0.5, 0.6) is 0 Å². The Morgan fingerprint density at radius 2 is 2.20 bits per heavy atom. The van der Waals surface area contributed by atoms with Gasteiger partial charge in [0, 0.05) is 5.41 Å². The summed E-state index contributed by atoms with van der Waals surface area (Å²) in [4.78, 5) is 11.2. The molecule has 1 spiro atoms. The van der Waals surface area contributed by atoms with E-state index in [-0.39, 0.29) is 23.4 Å². The number of aliphatic hydroxyl groups excluding tert-OH is 1. The van der Waals surface area contributed by atoms with E-state index in [4.69, 9.17) is 4.74 Å². The van der Waals surface area contributed by atoms with Crippen LogP contribution in [0.15, 0.2) is 12.2 Å². The predicted octanol–water partition coefficient (Wildman–Crippen LogP) is 1.66. The Labute approximate surface area is 90.1 Å². The second-order valence-electron chi connectivity index (χ2n) is 4.66. The Morgan fingerprint density at radius 1 is 1.53 bits per heavy atom. The van der Waals surface area contributed by atoms with E-state index >= 15 is 0 Å². The number of aliphatic hydroxyl groups is 1. The lowest BCUT2D eigenvalue weighted by atomic mass is 9.57. The molecule has 2 rings (SSSR count). The van der Waals surface area contributed by atoms with Crippen LogP contribution in [0.4, 0.5) is 0 Å². The maximum Gasteiger partial charge on any atom is 0.306 e. The molecular weight excluding hydrogens is 192 g/mol. The van der Waals surface area contributed by atoms with Crippen molar-refractivity contribution in [2.24, 2.45) is 11.3 Å². The zero-order chi connectivity index (χ0) is 10.9. The van der Waals surface area contributed by atoms with Crippen molar-refractivity contribution in [3.05, 3.63) is 12.2 Å². The third kappa shape index (κ3) is 1.81. The van der Waals surface area contributed by atoms with E-state index in [1.807, 2.05) is 0 Å². The standard InChI is InChI=1S/C12H18O3/c1-2-15-10(13)7-9-8-12(11(9)14)5-3-4-6-12/h3-4,9,11,14H,2,5-8H2,1H3/t9-,11+/m1/s1. The van der Waals surface area contributed by atoms with E-state index in [0.29, 0.717) is 13.0 Å². The number of ether oxygens (including phenoxy) is 1. The van der Waals surface area contributed by atoms with Crippen LogP contribution in [0.25, 0.3) is 0 Å². The summed E-state index contributed by atoms with van der Waals surface area (Å²) >= 11 is 0. The third-order valence-corrected chi connectivity index (χ3v) is 3.69. The van der Waals surface area contributed by atoms with Crippen LogP contribution < -0.4 is 0 Å². The highest BCUT2D eigenvalue weighted by Crippen LogP contribution is 2.54. The highest BCUT2D eigenvalue weighted by Gasteiger charge is 2.53. The Kier molecular flexibility index (Phi) is 2.83. The molecule has 0 aromatic carbocycles. The van der Waals surface area contributed by atoms with Crippen LogP contribution in [0.2, 0.25) is 0 Å². The van der Waals surface area contributed by atoms with Crippen LogP contribution in [-0.2, 0) is 9.53 Å². The summed E-state index contributed by atoms with van der Waals surface area (Å²) < 4.78 is 4.88. The van der Waals surface area contributed by atoms with E-state index in [9.17, 15) is 9.90 Å². The molecule has 0 amide bonds. The van der Waals surface area contributed by atoms with Crippen molar-refractivity contribution in [3.63, 3.8) is 0 Å². The summed E-state index contributed by atoms with van der Waals surface area (Å²) in [6, 6.07) is 0. The van der Waals surface area contributed by atoms with Crippen molar-refractivity contribution in [1.82, 2.24) is 0 Å². The Morgan fingerprint density at radius 3 is 2.73 bits per heavy atom. The van der Waals surface area contributed by atoms with Crippen LogP contribution in [-0.4, -0.2) is 23.8 Å². The van der Waals surface area contributed by atoms with E-state index in [1.54, 1.807) is 6.92 Å². The van der Waals surface area contributed by atoms with Gasteiger partial charge in [-0.2, -0.15) is 0 Å². The van der Waals surface area contributed by atoms with Crippen LogP contribution >= 0.6 is 0 Å². The van der Waals surface area contributed by atoms with Crippen molar-refractivity contribution in [1.29, 1.82) is 0 Å². The average molecular weight is 210 g/mol. The number of hydrogen-bond acceptors (Lipinski definition) is 3. The summed E-state index contributed by atoms with van der Waals surface area (Å²) in [5.74, 6) is -0.0636. The molecule has 1 saturated carbocycles. The number of rotatable bonds is 3. The number of allylic oxidation sites excluding steroid dienone is 2.